The fraction of sp³-hybridized carbons (Fsp3) is 0. The molecule has 2 aromatic rings. The molecule has 24 heavy (non-hydrogen) atoms. The topological polar surface area (TPSA) is 74.7 Å². The number of halogens is 1. The third-order valence-corrected chi connectivity index (χ3v) is 4.42. The first-order valence-corrected chi connectivity index (χ1v) is 8.02. The van der Waals surface area contributed by atoms with Gasteiger partial charge >= 0.3 is 5.97 Å². The third-order valence-electron chi connectivity index (χ3n) is 3.32. The lowest BCUT2D eigenvalue weighted by molar-refractivity contribution is -0.113. The summed E-state index contributed by atoms with van der Waals surface area (Å²) in [5.74, 6) is -1.46. The maximum Gasteiger partial charge on any atom is 0.335 e. The van der Waals surface area contributed by atoms with Gasteiger partial charge in [0.25, 0.3) is 11.1 Å². The quantitative estimate of drug-likeness (QED) is 0.828. The molecule has 120 valence electrons. The van der Waals surface area contributed by atoms with Gasteiger partial charge in [-0.3, -0.25) is 9.59 Å². The Morgan fingerprint density at radius 2 is 1.83 bits per heavy atom. The molecule has 1 heterocycles. The van der Waals surface area contributed by atoms with Crippen molar-refractivity contribution in [3.8, 4) is 0 Å². The Morgan fingerprint density at radius 1 is 1.12 bits per heavy atom. The van der Waals surface area contributed by atoms with E-state index in [0.717, 1.165) is 16.7 Å². The van der Waals surface area contributed by atoms with Crippen LogP contribution in [0.4, 0.5) is 10.5 Å². The fourth-order valence-corrected chi connectivity index (χ4v) is 3.20. The van der Waals surface area contributed by atoms with E-state index in [9.17, 15) is 14.4 Å². The molecule has 0 bridgehead atoms. The largest absolute Gasteiger partial charge is 0.478 e. The van der Waals surface area contributed by atoms with Crippen molar-refractivity contribution in [3.63, 3.8) is 0 Å². The van der Waals surface area contributed by atoms with Crippen molar-refractivity contribution >= 4 is 52.2 Å². The number of aromatic carboxylic acids is 1. The van der Waals surface area contributed by atoms with E-state index in [1.54, 1.807) is 42.5 Å². The summed E-state index contributed by atoms with van der Waals surface area (Å²) in [6, 6.07) is 12.5. The Bertz CT molecular complexity index is 876. The molecule has 7 heteroatoms. The molecule has 1 saturated heterocycles. The van der Waals surface area contributed by atoms with E-state index in [1.807, 2.05) is 0 Å². The molecule has 1 aliphatic rings. The van der Waals surface area contributed by atoms with Gasteiger partial charge in [0.05, 0.1) is 16.2 Å². The number of benzene rings is 2. The Kier molecular flexibility index (Phi) is 4.42. The highest BCUT2D eigenvalue weighted by molar-refractivity contribution is 8.19. The molecule has 0 saturated carbocycles. The zero-order chi connectivity index (χ0) is 17.3. The standard InChI is InChI=1S/C17H10ClNO4S/c18-12-2-1-3-13(9-12)19-15(20)14(24-17(19)23)8-10-4-6-11(7-5-10)16(21)22/h1-9H,(H,21,22)/b14-8+. The van der Waals surface area contributed by atoms with Crippen LogP contribution in [0.15, 0.2) is 53.4 Å². The molecule has 5 nitrogen and oxygen atoms in total. The first-order chi connectivity index (χ1) is 11.5. The summed E-state index contributed by atoms with van der Waals surface area (Å²) in [4.78, 5) is 36.8. The van der Waals surface area contributed by atoms with Gasteiger partial charge in [0.1, 0.15) is 0 Å². The lowest BCUT2D eigenvalue weighted by Crippen LogP contribution is -2.27. The summed E-state index contributed by atoms with van der Waals surface area (Å²) in [5, 5.41) is 8.91. The number of nitrogens with zero attached hydrogens (tertiary/aromatic N) is 1. The number of carboxylic acids is 1. The molecule has 3 rings (SSSR count). The average molecular weight is 360 g/mol. The Labute approximate surface area is 146 Å². The van der Waals surface area contributed by atoms with Crippen molar-refractivity contribution in [2.75, 3.05) is 4.90 Å². The van der Waals surface area contributed by atoms with Crippen molar-refractivity contribution in [2.24, 2.45) is 0 Å². The lowest BCUT2D eigenvalue weighted by Gasteiger charge is -2.12. The maximum atomic E-state index is 12.5. The minimum Gasteiger partial charge on any atom is -0.478 e. The molecule has 2 amide bonds. The van der Waals surface area contributed by atoms with Crippen LogP contribution in [-0.2, 0) is 4.79 Å². The molecule has 0 radical (unpaired) electrons. The summed E-state index contributed by atoms with van der Waals surface area (Å²) in [6.45, 7) is 0. The number of imide groups is 1. The van der Waals surface area contributed by atoms with E-state index >= 15 is 0 Å². The Morgan fingerprint density at radius 3 is 2.46 bits per heavy atom. The van der Waals surface area contributed by atoms with Crippen molar-refractivity contribution in [3.05, 3.63) is 69.6 Å². The second kappa shape index (κ2) is 6.51. The number of hydrogen-bond acceptors (Lipinski definition) is 4. The van der Waals surface area contributed by atoms with E-state index < -0.39 is 17.1 Å². The van der Waals surface area contributed by atoms with Crippen molar-refractivity contribution in [1.29, 1.82) is 0 Å². The molecule has 0 unspecified atom stereocenters. The summed E-state index contributed by atoms with van der Waals surface area (Å²) in [7, 11) is 0. The van der Waals surface area contributed by atoms with Gasteiger partial charge in [0.15, 0.2) is 0 Å². The smallest absolute Gasteiger partial charge is 0.335 e. The summed E-state index contributed by atoms with van der Waals surface area (Å²) < 4.78 is 0. The predicted octanol–water partition coefficient (Wildman–Crippen LogP) is 4.28. The number of carboxylic acid groups (broad SMARTS) is 1. The number of carbonyl (C=O) groups is 3. The van der Waals surface area contributed by atoms with Gasteiger partial charge in [-0.2, -0.15) is 0 Å². The molecule has 0 atom stereocenters. The highest BCUT2D eigenvalue weighted by Gasteiger charge is 2.36. The number of hydrogen-bond donors (Lipinski definition) is 1. The average Bonchev–Trinajstić information content (AvgIpc) is 2.82. The van der Waals surface area contributed by atoms with Gasteiger partial charge in [-0.15, -0.1) is 0 Å². The van der Waals surface area contributed by atoms with Crippen LogP contribution >= 0.6 is 23.4 Å². The minimum absolute atomic E-state index is 0.152. The van der Waals surface area contributed by atoms with Crippen molar-refractivity contribution < 1.29 is 19.5 Å². The third kappa shape index (κ3) is 3.20. The van der Waals surface area contributed by atoms with E-state index in [2.05, 4.69) is 0 Å². The van der Waals surface area contributed by atoms with Crippen LogP contribution in [0.3, 0.4) is 0 Å². The highest BCUT2D eigenvalue weighted by Crippen LogP contribution is 2.36. The normalized spacial score (nSPS) is 16.0. The van der Waals surface area contributed by atoms with Crippen molar-refractivity contribution in [1.82, 2.24) is 0 Å². The highest BCUT2D eigenvalue weighted by atomic mass is 35.5. The molecule has 1 N–H and O–H groups in total. The summed E-state index contributed by atoms with van der Waals surface area (Å²) in [5.41, 5.74) is 1.20. The van der Waals surface area contributed by atoms with Crippen LogP contribution in [0, 0.1) is 0 Å². The summed E-state index contributed by atoms with van der Waals surface area (Å²) in [6.07, 6.45) is 1.56. The lowest BCUT2D eigenvalue weighted by atomic mass is 10.1. The fourth-order valence-electron chi connectivity index (χ4n) is 2.18. The van der Waals surface area contributed by atoms with Crippen LogP contribution in [-0.4, -0.2) is 22.2 Å². The number of amides is 2. The van der Waals surface area contributed by atoms with E-state index in [-0.39, 0.29) is 10.5 Å². The SMILES string of the molecule is O=C(O)c1ccc(/C=C2/SC(=O)N(c3cccc(Cl)c3)C2=O)cc1. The summed E-state index contributed by atoms with van der Waals surface area (Å²) >= 11 is 6.73. The molecular formula is C17H10ClNO4S. The Balaban J connectivity index is 1.89. The van der Waals surface area contributed by atoms with Gasteiger partial charge in [0, 0.05) is 5.02 Å². The van der Waals surface area contributed by atoms with Gasteiger partial charge in [-0.25, -0.2) is 9.69 Å². The molecule has 0 aliphatic carbocycles. The first kappa shape index (κ1) is 16.3. The second-order valence-corrected chi connectivity index (χ2v) is 6.35. The molecule has 2 aromatic carbocycles. The van der Waals surface area contributed by atoms with Crippen LogP contribution < -0.4 is 4.90 Å². The zero-order valence-electron chi connectivity index (χ0n) is 12.1. The molecule has 0 spiro atoms. The van der Waals surface area contributed by atoms with Crippen LogP contribution in [0.25, 0.3) is 6.08 Å². The van der Waals surface area contributed by atoms with Crippen LogP contribution in [0.1, 0.15) is 15.9 Å². The number of thioether (sulfide) groups is 1. The molecule has 1 aliphatic heterocycles. The molecular weight excluding hydrogens is 350 g/mol. The first-order valence-electron chi connectivity index (χ1n) is 6.82. The van der Waals surface area contributed by atoms with Gasteiger partial charge in [-0.1, -0.05) is 29.8 Å². The maximum absolute atomic E-state index is 12.5. The molecule has 1 fully saturated rings. The van der Waals surface area contributed by atoms with Crippen LogP contribution in [0.5, 0.6) is 0 Å². The second-order valence-electron chi connectivity index (χ2n) is 4.92. The van der Waals surface area contributed by atoms with Crippen LogP contribution in [0.2, 0.25) is 5.02 Å². The van der Waals surface area contributed by atoms with E-state index in [1.165, 1.54) is 12.1 Å². The molecule has 0 aromatic heterocycles. The number of rotatable bonds is 3. The predicted molar refractivity (Wildman–Crippen MR) is 93.3 cm³/mol. The number of carbonyl (C=O) groups excluding carboxylic acids is 2. The minimum atomic E-state index is -1.03. The van der Waals surface area contributed by atoms with Gasteiger partial charge in [0.2, 0.25) is 0 Å². The van der Waals surface area contributed by atoms with E-state index in [4.69, 9.17) is 16.7 Å². The van der Waals surface area contributed by atoms with Gasteiger partial charge in [-0.05, 0) is 53.7 Å². The van der Waals surface area contributed by atoms with Crippen molar-refractivity contribution in [2.45, 2.75) is 0 Å². The zero-order valence-corrected chi connectivity index (χ0v) is 13.7. The van der Waals surface area contributed by atoms with Gasteiger partial charge < -0.3 is 5.11 Å². The Hall–Kier alpha value is -2.57. The van der Waals surface area contributed by atoms with E-state index in [0.29, 0.717) is 16.3 Å². The monoisotopic (exact) mass is 359 g/mol. The number of anilines is 1.